The second-order valence-corrected chi connectivity index (χ2v) is 4.64. The van der Waals surface area contributed by atoms with Gasteiger partial charge in [0, 0.05) is 5.92 Å². The number of carboxylic acid groups (broad SMARTS) is 1. The summed E-state index contributed by atoms with van der Waals surface area (Å²) in [4.78, 5) is 21.4. The Morgan fingerprint density at radius 2 is 1.90 bits per heavy atom. The number of benzene rings is 2. The normalized spacial score (nSPS) is 15.3. The van der Waals surface area contributed by atoms with Crippen LogP contribution < -0.4 is 0 Å². The van der Waals surface area contributed by atoms with E-state index in [-0.39, 0.29) is 18.1 Å². The van der Waals surface area contributed by atoms with E-state index >= 15 is 0 Å². The molecule has 0 saturated carbocycles. The third-order valence-electron chi connectivity index (χ3n) is 3.61. The van der Waals surface area contributed by atoms with Crippen LogP contribution in [0.5, 0.6) is 0 Å². The summed E-state index contributed by atoms with van der Waals surface area (Å²) in [5, 5.41) is 9.10. The molecule has 0 saturated heterocycles. The second kappa shape index (κ2) is 4.81. The molecule has 1 radical (unpaired) electrons. The molecule has 1 unspecified atom stereocenters. The summed E-state index contributed by atoms with van der Waals surface area (Å²) >= 11 is 0. The van der Waals surface area contributed by atoms with Gasteiger partial charge < -0.3 is 9.84 Å². The molecule has 0 heterocycles. The predicted molar refractivity (Wildman–Crippen MR) is 72.3 cm³/mol. The average molecular weight is 267 g/mol. The van der Waals surface area contributed by atoms with E-state index in [2.05, 4.69) is 0 Å². The zero-order valence-electron chi connectivity index (χ0n) is 10.5. The van der Waals surface area contributed by atoms with Crippen LogP contribution in [0.2, 0.25) is 0 Å². The van der Waals surface area contributed by atoms with Crippen molar-refractivity contribution in [1.82, 2.24) is 0 Å². The number of rotatable bonds is 4. The van der Waals surface area contributed by atoms with E-state index < -0.39 is 5.97 Å². The molecule has 0 aromatic heterocycles. The van der Waals surface area contributed by atoms with Crippen LogP contribution >= 0.6 is 0 Å². The number of carbonyl (C=O) groups excluding carboxylic acids is 1. The Morgan fingerprint density at radius 3 is 2.65 bits per heavy atom. The van der Waals surface area contributed by atoms with E-state index in [9.17, 15) is 9.59 Å². The number of carbonyl (C=O) groups is 1. The molecule has 2 aromatic rings. The van der Waals surface area contributed by atoms with Crippen molar-refractivity contribution in [1.29, 1.82) is 0 Å². The maximum atomic E-state index is 11.1. The number of aromatic carboxylic acids is 1. The van der Waals surface area contributed by atoms with Crippen LogP contribution in [-0.2, 0) is 9.53 Å². The first-order valence-electron chi connectivity index (χ1n) is 6.18. The Labute approximate surface area is 115 Å². The van der Waals surface area contributed by atoms with Crippen LogP contribution in [0.3, 0.4) is 0 Å². The fraction of sp³-hybridized carbons (Fsp3) is 0.125. The van der Waals surface area contributed by atoms with Crippen molar-refractivity contribution in [3.05, 3.63) is 59.2 Å². The zero-order valence-corrected chi connectivity index (χ0v) is 10.5. The minimum absolute atomic E-state index is 0.137. The Morgan fingerprint density at radius 1 is 1.15 bits per heavy atom. The summed E-state index contributed by atoms with van der Waals surface area (Å²) < 4.78 is 4.78. The molecule has 4 heteroatoms. The van der Waals surface area contributed by atoms with Crippen molar-refractivity contribution in [2.75, 3.05) is 6.61 Å². The standard InChI is InChI=1S/C16H11O4/c17-9-20-8-15-12-4-2-1-3-11(12)13-6-5-10(16(18)19)7-14(13)15/h1-7,15H,8H2,(H,18,19). The fourth-order valence-corrected chi connectivity index (χ4v) is 2.74. The van der Waals surface area contributed by atoms with Crippen molar-refractivity contribution in [2.24, 2.45) is 0 Å². The third kappa shape index (κ3) is 1.86. The average Bonchev–Trinajstić information content (AvgIpc) is 2.78. The number of fused-ring (bicyclic) bond motifs is 3. The van der Waals surface area contributed by atoms with Crippen LogP contribution in [0, 0.1) is 0 Å². The lowest BCUT2D eigenvalue weighted by Gasteiger charge is -2.11. The molecule has 1 atom stereocenters. The highest BCUT2D eigenvalue weighted by atomic mass is 16.5. The topological polar surface area (TPSA) is 63.6 Å². The van der Waals surface area contributed by atoms with E-state index in [1.165, 1.54) is 6.47 Å². The maximum Gasteiger partial charge on any atom is 0.417 e. The van der Waals surface area contributed by atoms with E-state index in [4.69, 9.17) is 9.84 Å². The fourth-order valence-electron chi connectivity index (χ4n) is 2.74. The highest BCUT2D eigenvalue weighted by Crippen LogP contribution is 2.44. The maximum absolute atomic E-state index is 11.1. The minimum atomic E-state index is -0.967. The lowest BCUT2D eigenvalue weighted by molar-refractivity contribution is 0.0696. The minimum Gasteiger partial charge on any atom is -0.478 e. The van der Waals surface area contributed by atoms with Gasteiger partial charge in [-0.1, -0.05) is 30.3 Å². The predicted octanol–water partition coefficient (Wildman–Crippen LogP) is 2.58. The number of hydrogen-bond acceptors (Lipinski definition) is 3. The Kier molecular flexibility index (Phi) is 2.99. The van der Waals surface area contributed by atoms with Gasteiger partial charge in [0.15, 0.2) is 0 Å². The van der Waals surface area contributed by atoms with Crippen LogP contribution in [0.15, 0.2) is 42.5 Å². The van der Waals surface area contributed by atoms with Gasteiger partial charge in [-0.3, -0.25) is 0 Å². The largest absolute Gasteiger partial charge is 0.478 e. The summed E-state index contributed by atoms with van der Waals surface area (Å²) in [6.45, 7) is 1.59. The molecule has 0 fully saturated rings. The quantitative estimate of drug-likeness (QED) is 0.924. The van der Waals surface area contributed by atoms with Crippen LogP contribution in [0.25, 0.3) is 11.1 Å². The van der Waals surface area contributed by atoms with Gasteiger partial charge in [-0.25, -0.2) is 9.59 Å². The molecular formula is C16H11O4. The lowest BCUT2D eigenvalue weighted by Crippen LogP contribution is -2.07. The van der Waals surface area contributed by atoms with Crippen molar-refractivity contribution < 1.29 is 19.4 Å². The summed E-state index contributed by atoms with van der Waals surface area (Å²) in [5.74, 6) is -1.10. The van der Waals surface area contributed by atoms with Crippen LogP contribution in [0.4, 0.5) is 0 Å². The Balaban J connectivity index is 2.14. The van der Waals surface area contributed by atoms with Gasteiger partial charge in [0.05, 0.1) is 5.56 Å². The van der Waals surface area contributed by atoms with Gasteiger partial charge in [0.1, 0.15) is 6.61 Å². The molecule has 1 aliphatic rings. The van der Waals surface area contributed by atoms with Crippen LogP contribution in [0.1, 0.15) is 27.4 Å². The van der Waals surface area contributed by atoms with E-state index in [0.29, 0.717) is 0 Å². The summed E-state index contributed by atoms with van der Waals surface area (Å²) in [7, 11) is 0. The van der Waals surface area contributed by atoms with Crippen molar-refractivity contribution in [3.63, 3.8) is 0 Å². The van der Waals surface area contributed by atoms with E-state index in [1.54, 1.807) is 12.1 Å². The third-order valence-corrected chi connectivity index (χ3v) is 3.61. The van der Waals surface area contributed by atoms with Gasteiger partial charge in [0.25, 0.3) is 0 Å². The smallest absolute Gasteiger partial charge is 0.417 e. The molecule has 3 rings (SSSR count). The summed E-state index contributed by atoms with van der Waals surface area (Å²) in [6.07, 6.45) is 0. The van der Waals surface area contributed by atoms with Crippen LogP contribution in [-0.4, -0.2) is 24.2 Å². The second-order valence-electron chi connectivity index (χ2n) is 4.64. The lowest BCUT2D eigenvalue weighted by atomic mass is 9.96. The van der Waals surface area contributed by atoms with E-state index in [1.807, 2.05) is 30.3 Å². The molecule has 1 N–H and O–H groups in total. The summed E-state index contributed by atoms with van der Waals surface area (Å²) in [5.41, 5.74) is 4.20. The first kappa shape index (κ1) is 12.4. The Hall–Kier alpha value is -2.62. The van der Waals surface area contributed by atoms with Crippen molar-refractivity contribution in [2.45, 2.75) is 5.92 Å². The highest BCUT2D eigenvalue weighted by molar-refractivity contribution is 5.90. The molecule has 0 amide bonds. The molecule has 0 bridgehead atoms. The monoisotopic (exact) mass is 267 g/mol. The molecule has 2 aromatic carbocycles. The van der Waals surface area contributed by atoms with Gasteiger partial charge in [-0.05, 0) is 34.4 Å². The first-order valence-corrected chi connectivity index (χ1v) is 6.18. The first-order chi connectivity index (χ1) is 9.72. The van der Waals surface area contributed by atoms with Crippen molar-refractivity contribution in [3.8, 4) is 11.1 Å². The van der Waals surface area contributed by atoms with Gasteiger partial charge in [-0.2, -0.15) is 0 Å². The molecule has 1 aliphatic carbocycles. The molecule has 0 aliphatic heterocycles. The molecule has 20 heavy (non-hydrogen) atoms. The number of carboxylic acids is 1. The zero-order chi connectivity index (χ0) is 14.1. The number of hydrogen-bond donors (Lipinski definition) is 1. The van der Waals surface area contributed by atoms with Gasteiger partial charge in [0.2, 0.25) is 0 Å². The van der Waals surface area contributed by atoms with Gasteiger partial charge in [-0.15, -0.1) is 0 Å². The van der Waals surface area contributed by atoms with E-state index in [0.717, 1.165) is 22.3 Å². The molecular weight excluding hydrogens is 256 g/mol. The van der Waals surface area contributed by atoms with Gasteiger partial charge >= 0.3 is 12.4 Å². The SMILES string of the molecule is O=[C]OCC1c2ccccc2-c2ccc(C(=O)O)cc21. The molecule has 4 nitrogen and oxygen atoms in total. The summed E-state index contributed by atoms with van der Waals surface area (Å²) in [6, 6.07) is 12.9. The van der Waals surface area contributed by atoms with Crippen molar-refractivity contribution >= 4 is 12.4 Å². The molecule has 99 valence electrons. The molecule has 0 spiro atoms. The highest BCUT2D eigenvalue weighted by Gasteiger charge is 2.29. The Bertz CT molecular complexity index is 691. The number of ether oxygens (including phenoxy) is 1.